The highest BCUT2D eigenvalue weighted by molar-refractivity contribution is 6.30. The zero-order valence-corrected chi connectivity index (χ0v) is 24.6. The molecule has 0 aliphatic rings. The van der Waals surface area contributed by atoms with Gasteiger partial charge in [-0.2, -0.15) is 0 Å². The number of ether oxygens (including phenoxy) is 1. The van der Waals surface area contributed by atoms with E-state index in [-0.39, 0.29) is 11.9 Å². The SMILES string of the molecule is CCN(CCN(C)C(=O)c1ccc(OCc2ccc(-c3nc(Cc4cccc(Cl)c4)oc3C)cc2)cc1)C(=O)NC. The Bertz CT molecular complexity index is 1470. The van der Waals surface area contributed by atoms with Crippen LogP contribution in [0.25, 0.3) is 11.3 Å². The van der Waals surface area contributed by atoms with Gasteiger partial charge >= 0.3 is 6.03 Å². The van der Waals surface area contributed by atoms with Crippen LogP contribution in [0.2, 0.25) is 5.02 Å². The van der Waals surface area contributed by atoms with Gasteiger partial charge < -0.3 is 24.3 Å². The first kappa shape index (κ1) is 29.7. The Hall–Kier alpha value is -4.30. The van der Waals surface area contributed by atoms with Gasteiger partial charge in [0.25, 0.3) is 5.91 Å². The molecule has 41 heavy (non-hydrogen) atoms. The van der Waals surface area contributed by atoms with Gasteiger partial charge in [0.05, 0.1) is 0 Å². The average Bonchev–Trinajstić information content (AvgIpc) is 3.35. The van der Waals surface area contributed by atoms with Crippen molar-refractivity contribution < 1.29 is 18.7 Å². The van der Waals surface area contributed by atoms with Gasteiger partial charge in [-0.15, -0.1) is 0 Å². The molecule has 1 heterocycles. The van der Waals surface area contributed by atoms with Gasteiger partial charge in [-0.25, -0.2) is 9.78 Å². The molecule has 0 spiro atoms. The van der Waals surface area contributed by atoms with Gasteiger partial charge in [0.15, 0.2) is 5.89 Å². The van der Waals surface area contributed by atoms with Crippen LogP contribution in [0, 0.1) is 6.92 Å². The van der Waals surface area contributed by atoms with Crippen LogP contribution in [0.5, 0.6) is 5.75 Å². The second-order valence-electron chi connectivity index (χ2n) is 9.69. The summed E-state index contributed by atoms with van der Waals surface area (Å²) in [4.78, 5) is 32.6. The number of hydrogen-bond acceptors (Lipinski definition) is 5. The van der Waals surface area contributed by atoms with E-state index in [9.17, 15) is 9.59 Å². The molecule has 0 unspecified atom stereocenters. The van der Waals surface area contributed by atoms with E-state index in [0.29, 0.717) is 54.9 Å². The Morgan fingerprint density at radius 3 is 2.39 bits per heavy atom. The molecule has 0 atom stereocenters. The zero-order valence-electron chi connectivity index (χ0n) is 23.8. The number of carbonyl (C=O) groups is 2. The first-order valence-corrected chi connectivity index (χ1v) is 13.9. The van der Waals surface area contributed by atoms with Crippen LogP contribution < -0.4 is 10.1 Å². The molecule has 214 valence electrons. The minimum absolute atomic E-state index is 0.112. The Kier molecular flexibility index (Phi) is 10.0. The first-order chi connectivity index (χ1) is 19.8. The molecular formula is C32H35ClN4O4. The van der Waals surface area contributed by atoms with Crippen molar-refractivity contribution in [3.05, 3.63) is 106 Å². The van der Waals surface area contributed by atoms with E-state index in [1.165, 1.54) is 0 Å². The lowest BCUT2D eigenvalue weighted by atomic mass is 10.1. The van der Waals surface area contributed by atoms with Crippen LogP contribution in [-0.4, -0.2) is 60.5 Å². The third kappa shape index (κ3) is 7.89. The number of nitrogens with one attached hydrogen (secondary N) is 1. The van der Waals surface area contributed by atoms with Crippen LogP contribution in [0.4, 0.5) is 4.79 Å². The third-order valence-corrected chi connectivity index (χ3v) is 6.99. The Balaban J connectivity index is 1.30. The minimum atomic E-state index is -0.156. The molecule has 9 heteroatoms. The predicted molar refractivity (Wildman–Crippen MR) is 160 cm³/mol. The monoisotopic (exact) mass is 574 g/mol. The molecule has 4 rings (SSSR count). The van der Waals surface area contributed by atoms with Crippen molar-refractivity contribution in [3.8, 4) is 17.0 Å². The number of halogens is 1. The fraction of sp³-hybridized carbons (Fsp3) is 0.281. The molecule has 1 aromatic heterocycles. The number of oxazole rings is 1. The number of benzene rings is 3. The van der Waals surface area contributed by atoms with Crippen LogP contribution >= 0.6 is 11.6 Å². The summed E-state index contributed by atoms with van der Waals surface area (Å²) < 4.78 is 11.9. The van der Waals surface area contributed by atoms with Crippen molar-refractivity contribution in [2.45, 2.75) is 26.9 Å². The van der Waals surface area contributed by atoms with E-state index in [1.807, 2.05) is 62.4 Å². The molecule has 3 amide bonds. The number of rotatable bonds is 11. The summed E-state index contributed by atoms with van der Waals surface area (Å²) >= 11 is 6.10. The van der Waals surface area contributed by atoms with Gasteiger partial charge in [-0.3, -0.25) is 4.79 Å². The molecule has 0 radical (unpaired) electrons. The summed E-state index contributed by atoms with van der Waals surface area (Å²) in [6, 6.07) is 22.6. The summed E-state index contributed by atoms with van der Waals surface area (Å²) in [6.07, 6.45) is 0.573. The van der Waals surface area contributed by atoms with Gasteiger partial charge in [-0.05, 0) is 61.4 Å². The number of urea groups is 1. The highest BCUT2D eigenvalue weighted by atomic mass is 35.5. The second-order valence-corrected chi connectivity index (χ2v) is 10.1. The standard InChI is InChI=1S/C32H35ClN4O4/c1-5-37(32(39)34-3)18-17-36(4)31(38)26-13-15-28(16-14-26)40-21-23-9-11-25(12-10-23)30-22(2)41-29(35-30)20-24-7-6-8-27(33)19-24/h6-16,19H,5,17-18,20-21H2,1-4H3,(H,34,39). The molecule has 3 aromatic carbocycles. The van der Waals surface area contributed by atoms with Crippen molar-refractivity contribution in [1.82, 2.24) is 20.1 Å². The van der Waals surface area contributed by atoms with Crippen molar-refractivity contribution in [2.75, 3.05) is 33.7 Å². The summed E-state index contributed by atoms with van der Waals surface area (Å²) in [5.74, 6) is 1.97. The van der Waals surface area contributed by atoms with Gasteiger partial charge in [0.2, 0.25) is 0 Å². The summed E-state index contributed by atoms with van der Waals surface area (Å²) in [5.41, 5.74) is 4.39. The minimum Gasteiger partial charge on any atom is -0.489 e. The highest BCUT2D eigenvalue weighted by Gasteiger charge is 2.16. The van der Waals surface area contributed by atoms with E-state index in [4.69, 9.17) is 25.7 Å². The van der Waals surface area contributed by atoms with Crippen LogP contribution in [0.1, 0.15) is 40.1 Å². The number of carbonyl (C=O) groups excluding carboxylic acids is 2. The summed E-state index contributed by atoms with van der Waals surface area (Å²) in [7, 11) is 3.33. The van der Waals surface area contributed by atoms with Gasteiger partial charge in [-0.1, -0.05) is 48.0 Å². The van der Waals surface area contributed by atoms with E-state index in [0.717, 1.165) is 28.1 Å². The third-order valence-electron chi connectivity index (χ3n) is 6.75. The van der Waals surface area contributed by atoms with E-state index >= 15 is 0 Å². The Labute approximate surface area is 245 Å². The maximum Gasteiger partial charge on any atom is 0.317 e. The molecule has 1 N–H and O–H groups in total. The van der Waals surface area contributed by atoms with Crippen LogP contribution in [0.15, 0.2) is 77.2 Å². The summed E-state index contributed by atoms with van der Waals surface area (Å²) in [5, 5.41) is 3.30. The highest BCUT2D eigenvalue weighted by Crippen LogP contribution is 2.26. The first-order valence-electron chi connectivity index (χ1n) is 13.5. The smallest absolute Gasteiger partial charge is 0.317 e. The largest absolute Gasteiger partial charge is 0.489 e. The fourth-order valence-electron chi connectivity index (χ4n) is 4.39. The van der Waals surface area contributed by atoms with Crippen LogP contribution in [-0.2, 0) is 13.0 Å². The van der Waals surface area contributed by atoms with E-state index < -0.39 is 0 Å². The number of amides is 3. The Morgan fingerprint density at radius 2 is 1.73 bits per heavy atom. The Morgan fingerprint density at radius 1 is 1.00 bits per heavy atom. The molecule has 0 aliphatic heterocycles. The molecule has 0 saturated heterocycles. The normalized spacial score (nSPS) is 10.8. The maximum absolute atomic E-state index is 12.8. The molecule has 0 saturated carbocycles. The quantitative estimate of drug-likeness (QED) is 0.230. The topological polar surface area (TPSA) is 87.9 Å². The second kappa shape index (κ2) is 13.9. The van der Waals surface area contributed by atoms with E-state index in [1.54, 1.807) is 48.2 Å². The number of likely N-dealkylation sites (N-methyl/N-ethyl adjacent to an activating group) is 2. The van der Waals surface area contributed by atoms with Gasteiger partial charge in [0.1, 0.15) is 23.8 Å². The molecule has 0 fully saturated rings. The number of hydrogen-bond donors (Lipinski definition) is 1. The van der Waals surface area contributed by atoms with E-state index in [2.05, 4.69) is 5.32 Å². The van der Waals surface area contributed by atoms with Crippen molar-refractivity contribution in [2.24, 2.45) is 0 Å². The molecular weight excluding hydrogens is 540 g/mol. The van der Waals surface area contributed by atoms with Gasteiger partial charge in [0, 0.05) is 56.3 Å². The molecule has 0 bridgehead atoms. The predicted octanol–water partition coefficient (Wildman–Crippen LogP) is 6.21. The molecule has 8 nitrogen and oxygen atoms in total. The van der Waals surface area contributed by atoms with Crippen molar-refractivity contribution in [3.63, 3.8) is 0 Å². The number of nitrogens with zero attached hydrogens (tertiary/aromatic N) is 3. The fourth-order valence-corrected chi connectivity index (χ4v) is 4.60. The molecule has 4 aromatic rings. The van der Waals surface area contributed by atoms with Crippen molar-refractivity contribution in [1.29, 1.82) is 0 Å². The van der Waals surface area contributed by atoms with Crippen LogP contribution in [0.3, 0.4) is 0 Å². The lowest BCUT2D eigenvalue weighted by Crippen LogP contribution is -2.43. The zero-order chi connectivity index (χ0) is 29.4. The number of aryl methyl sites for hydroxylation is 1. The van der Waals surface area contributed by atoms with Crippen molar-refractivity contribution >= 4 is 23.5 Å². The maximum atomic E-state index is 12.8. The number of aromatic nitrogens is 1. The lowest BCUT2D eigenvalue weighted by Gasteiger charge is -2.24. The average molecular weight is 575 g/mol. The lowest BCUT2D eigenvalue weighted by molar-refractivity contribution is 0.0782. The molecule has 0 aliphatic carbocycles. The summed E-state index contributed by atoms with van der Waals surface area (Å²) in [6.45, 7) is 5.67.